The molecule has 1 unspecified atom stereocenters. The van der Waals surface area contributed by atoms with E-state index in [9.17, 15) is 4.39 Å². The Morgan fingerprint density at radius 3 is 2.69 bits per heavy atom. The minimum Gasteiger partial charge on any atom is -0.347 e. The predicted octanol–water partition coefficient (Wildman–Crippen LogP) is 2.05. The highest BCUT2D eigenvalue weighted by Crippen LogP contribution is 2.14. The van der Waals surface area contributed by atoms with Gasteiger partial charge in [-0.1, -0.05) is 12.1 Å². The van der Waals surface area contributed by atoms with E-state index in [1.54, 1.807) is 24.5 Å². The molecule has 2 aromatic rings. The van der Waals surface area contributed by atoms with Gasteiger partial charge in [0.15, 0.2) is 0 Å². The lowest BCUT2D eigenvalue weighted by molar-refractivity contribution is 0.561. The summed E-state index contributed by atoms with van der Waals surface area (Å²) in [7, 11) is 1.89. The van der Waals surface area contributed by atoms with Crippen molar-refractivity contribution in [2.75, 3.05) is 7.05 Å². The van der Waals surface area contributed by atoms with Crippen molar-refractivity contribution in [3.05, 3.63) is 53.9 Å². The fourth-order valence-corrected chi connectivity index (χ4v) is 1.66. The summed E-state index contributed by atoms with van der Waals surface area (Å²) < 4.78 is 12.7. The summed E-state index contributed by atoms with van der Waals surface area (Å²) in [4.78, 5) is 7.28. The van der Waals surface area contributed by atoms with Gasteiger partial charge in [0.1, 0.15) is 11.6 Å². The van der Waals surface area contributed by atoms with Gasteiger partial charge in [-0.05, 0) is 31.2 Å². The van der Waals surface area contributed by atoms with Crippen molar-refractivity contribution < 1.29 is 4.39 Å². The quantitative estimate of drug-likeness (QED) is 0.826. The summed E-state index contributed by atoms with van der Waals surface area (Å²) in [5, 5.41) is 3.18. The van der Waals surface area contributed by atoms with Crippen molar-refractivity contribution in [1.82, 2.24) is 15.3 Å². The van der Waals surface area contributed by atoms with Gasteiger partial charge in [-0.25, -0.2) is 9.37 Å². The zero-order valence-electron chi connectivity index (χ0n) is 9.07. The monoisotopic (exact) mass is 219 g/mol. The molecule has 2 N–H and O–H groups in total. The summed E-state index contributed by atoms with van der Waals surface area (Å²) in [5.41, 5.74) is 1.08. The molecule has 16 heavy (non-hydrogen) atoms. The Morgan fingerprint density at radius 2 is 2.12 bits per heavy atom. The number of nitrogens with zero attached hydrogens (tertiary/aromatic N) is 1. The van der Waals surface area contributed by atoms with E-state index in [0.717, 1.165) is 17.8 Å². The number of likely N-dealkylation sites (N-methyl/N-ethyl adjacent to an activating group) is 1. The Kier molecular flexibility index (Phi) is 3.31. The largest absolute Gasteiger partial charge is 0.347 e. The summed E-state index contributed by atoms with van der Waals surface area (Å²) in [6.07, 6.45) is 4.30. The van der Waals surface area contributed by atoms with Gasteiger partial charge in [-0.15, -0.1) is 0 Å². The maximum absolute atomic E-state index is 12.7. The van der Waals surface area contributed by atoms with Crippen LogP contribution in [0.15, 0.2) is 36.7 Å². The maximum atomic E-state index is 12.7. The van der Waals surface area contributed by atoms with Crippen molar-refractivity contribution in [2.24, 2.45) is 0 Å². The van der Waals surface area contributed by atoms with E-state index in [2.05, 4.69) is 15.3 Å². The highest BCUT2D eigenvalue weighted by Gasteiger charge is 2.11. The molecule has 3 nitrogen and oxygen atoms in total. The summed E-state index contributed by atoms with van der Waals surface area (Å²) in [6.45, 7) is 0. The molecule has 0 bridgehead atoms. The standard InChI is InChI=1S/C12H14FN3/c1-14-11(12-15-6-7-16-12)8-9-2-4-10(13)5-3-9/h2-7,11,14H,8H2,1H3,(H,15,16). The molecule has 1 atom stereocenters. The molecule has 0 aliphatic rings. The van der Waals surface area contributed by atoms with Crippen LogP contribution in [-0.2, 0) is 6.42 Å². The van der Waals surface area contributed by atoms with Gasteiger partial charge in [-0.3, -0.25) is 0 Å². The van der Waals surface area contributed by atoms with Gasteiger partial charge in [0.25, 0.3) is 0 Å². The second kappa shape index (κ2) is 4.90. The lowest BCUT2D eigenvalue weighted by Crippen LogP contribution is -2.20. The Labute approximate surface area is 93.7 Å². The number of imidazole rings is 1. The molecule has 0 aliphatic heterocycles. The van der Waals surface area contributed by atoms with Crippen LogP contribution in [0.4, 0.5) is 4.39 Å². The van der Waals surface area contributed by atoms with Gasteiger partial charge in [0.2, 0.25) is 0 Å². The van der Waals surface area contributed by atoms with Crippen molar-refractivity contribution in [2.45, 2.75) is 12.5 Å². The number of rotatable bonds is 4. The van der Waals surface area contributed by atoms with E-state index in [1.807, 2.05) is 7.05 Å². The number of nitrogens with one attached hydrogen (secondary N) is 2. The van der Waals surface area contributed by atoms with Gasteiger partial charge in [0, 0.05) is 12.4 Å². The minimum absolute atomic E-state index is 0.125. The average molecular weight is 219 g/mol. The van der Waals surface area contributed by atoms with Crippen molar-refractivity contribution in [1.29, 1.82) is 0 Å². The van der Waals surface area contributed by atoms with Crippen LogP contribution in [0.2, 0.25) is 0 Å². The molecule has 1 heterocycles. The second-order valence-electron chi connectivity index (χ2n) is 3.65. The lowest BCUT2D eigenvalue weighted by atomic mass is 10.1. The first-order chi connectivity index (χ1) is 7.79. The molecular weight excluding hydrogens is 205 g/mol. The molecule has 0 aliphatic carbocycles. The van der Waals surface area contributed by atoms with Crippen LogP contribution in [0.5, 0.6) is 0 Å². The van der Waals surface area contributed by atoms with Gasteiger partial charge in [0.05, 0.1) is 6.04 Å². The zero-order valence-corrected chi connectivity index (χ0v) is 9.07. The van der Waals surface area contributed by atoms with Crippen LogP contribution in [-0.4, -0.2) is 17.0 Å². The fourth-order valence-electron chi connectivity index (χ4n) is 1.66. The van der Waals surface area contributed by atoms with Crippen LogP contribution < -0.4 is 5.32 Å². The first-order valence-corrected chi connectivity index (χ1v) is 5.20. The van der Waals surface area contributed by atoms with E-state index >= 15 is 0 Å². The van der Waals surface area contributed by atoms with Crippen LogP contribution in [0.1, 0.15) is 17.4 Å². The van der Waals surface area contributed by atoms with Crippen LogP contribution in [0.3, 0.4) is 0 Å². The molecule has 2 rings (SSSR count). The first-order valence-electron chi connectivity index (χ1n) is 5.20. The number of halogens is 1. The number of aromatic nitrogens is 2. The molecular formula is C12H14FN3. The van der Waals surface area contributed by atoms with E-state index in [-0.39, 0.29) is 11.9 Å². The predicted molar refractivity (Wildman–Crippen MR) is 60.5 cm³/mol. The molecule has 0 amide bonds. The van der Waals surface area contributed by atoms with Crippen LogP contribution in [0, 0.1) is 5.82 Å². The Bertz CT molecular complexity index is 422. The third kappa shape index (κ3) is 2.46. The van der Waals surface area contributed by atoms with Crippen LogP contribution in [0.25, 0.3) is 0 Å². The summed E-state index contributed by atoms with van der Waals surface area (Å²) in [5.74, 6) is 0.689. The number of H-pyrrole nitrogens is 1. The second-order valence-corrected chi connectivity index (χ2v) is 3.65. The van der Waals surface area contributed by atoms with Crippen molar-refractivity contribution in [3.63, 3.8) is 0 Å². The summed E-state index contributed by atoms with van der Waals surface area (Å²) >= 11 is 0. The van der Waals surface area contributed by atoms with Gasteiger partial charge >= 0.3 is 0 Å². The third-order valence-corrected chi connectivity index (χ3v) is 2.55. The van der Waals surface area contributed by atoms with Crippen molar-refractivity contribution in [3.8, 4) is 0 Å². The topological polar surface area (TPSA) is 40.7 Å². The van der Waals surface area contributed by atoms with Gasteiger partial charge < -0.3 is 10.3 Å². The molecule has 1 aromatic heterocycles. The number of benzene rings is 1. The average Bonchev–Trinajstić information content (AvgIpc) is 2.82. The molecule has 0 radical (unpaired) electrons. The molecule has 84 valence electrons. The normalized spacial score (nSPS) is 12.6. The van der Waals surface area contributed by atoms with Gasteiger partial charge in [-0.2, -0.15) is 0 Å². The Morgan fingerprint density at radius 1 is 1.38 bits per heavy atom. The number of aromatic amines is 1. The molecule has 4 heteroatoms. The van der Waals surface area contributed by atoms with E-state index in [4.69, 9.17) is 0 Å². The van der Waals surface area contributed by atoms with E-state index < -0.39 is 0 Å². The molecule has 0 fully saturated rings. The third-order valence-electron chi connectivity index (χ3n) is 2.55. The maximum Gasteiger partial charge on any atom is 0.123 e. The van der Waals surface area contributed by atoms with E-state index in [1.165, 1.54) is 12.1 Å². The SMILES string of the molecule is CNC(Cc1ccc(F)cc1)c1ncc[nH]1. The number of hydrogen-bond acceptors (Lipinski definition) is 2. The molecule has 0 saturated carbocycles. The highest BCUT2D eigenvalue weighted by molar-refractivity contribution is 5.18. The lowest BCUT2D eigenvalue weighted by Gasteiger charge is -2.13. The minimum atomic E-state index is -0.206. The number of hydrogen-bond donors (Lipinski definition) is 2. The van der Waals surface area contributed by atoms with Crippen molar-refractivity contribution >= 4 is 0 Å². The summed E-state index contributed by atoms with van der Waals surface area (Å²) in [6, 6.07) is 6.67. The zero-order chi connectivity index (χ0) is 11.4. The Balaban J connectivity index is 2.10. The van der Waals surface area contributed by atoms with E-state index in [0.29, 0.717) is 0 Å². The first kappa shape index (κ1) is 10.8. The fraction of sp³-hybridized carbons (Fsp3) is 0.250. The highest BCUT2D eigenvalue weighted by atomic mass is 19.1. The van der Waals surface area contributed by atoms with Crippen LogP contribution >= 0.6 is 0 Å². The molecule has 0 saturated heterocycles. The molecule has 1 aromatic carbocycles. The smallest absolute Gasteiger partial charge is 0.123 e. The Hall–Kier alpha value is -1.68. The molecule has 0 spiro atoms.